The molecule has 0 aliphatic carbocycles. The first-order valence-electron chi connectivity index (χ1n) is 9.08. The van der Waals surface area contributed by atoms with Crippen LogP contribution in [-0.2, 0) is 9.53 Å². The van der Waals surface area contributed by atoms with E-state index < -0.39 is 5.97 Å². The van der Waals surface area contributed by atoms with Gasteiger partial charge in [0.1, 0.15) is 17.6 Å². The van der Waals surface area contributed by atoms with Crippen LogP contribution in [-0.4, -0.2) is 29.2 Å². The Bertz CT molecular complexity index is 1100. The van der Waals surface area contributed by atoms with E-state index in [0.29, 0.717) is 29.3 Å². The van der Waals surface area contributed by atoms with Crippen molar-refractivity contribution in [1.82, 2.24) is 9.97 Å². The minimum Gasteiger partial charge on any atom is -0.481 e. The van der Waals surface area contributed by atoms with Gasteiger partial charge in [0.25, 0.3) is 0 Å². The number of esters is 1. The van der Waals surface area contributed by atoms with Crippen molar-refractivity contribution in [3.8, 4) is 11.8 Å². The van der Waals surface area contributed by atoms with Gasteiger partial charge in [-0.15, -0.1) is 0 Å². The zero-order valence-electron chi connectivity index (χ0n) is 16.4. The molecule has 7 heteroatoms. The molecule has 0 unspecified atom stereocenters. The van der Waals surface area contributed by atoms with Crippen LogP contribution >= 0.6 is 15.9 Å². The maximum atomic E-state index is 11.6. The van der Waals surface area contributed by atoms with E-state index in [2.05, 4.69) is 32.0 Å². The number of hydrogen-bond acceptors (Lipinski definition) is 5. The predicted molar refractivity (Wildman–Crippen MR) is 115 cm³/mol. The molecule has 0 fully saturated rings. The number of nitriles is 1. The van der Waals surface area contributed by atoms with Gasteiger partial charge in [-0.2, -0.15) is 5.26 Å². The smallest absolute Gasteiger partial charge is 0.344 e. The lowest BCUT2D eigenvalue weighted by Crippen LogP contribution is -2.14. The minimum atomic E-state index is -0.450. The molecule has 29 heavy (non-hydrogen) atoms. The monoisotopic (exact) mass is 453 g/mol. The summed E-state index contributed by atoms with van der Waals surface area (Å²) in [6.07, 6.45) is 1.68. The number of rotatable bonds is 6. The average Bonchev–Trinajstić information content (AvgIpc) is 3.08. The molecule has 6 nitrogen and oxygen atoms in total. The molecule has 1 N–H and O–H groups in total. The topological polar surface area (TPSA) is 88.0 Å². The van der Waals surface area contributed by atoms with E-state index in [1.807, 2.05) is 32.0 Å². The summed E-state index contributed by atoms with van der Waals surface area (Å²) in [6, 6.07) is 11.6. The molecule has 0 amide bonds. The van der Waals surface area contributed by atoms with Crippen molar-refractivity contribution >= 4 is 44.6 Å². The van der Waals surface area contributed by atoms with Crippen LogP contribution in [0.25, 0.3) is 22.7 Å². The van der Waals surface area contributed by atoms with Gasteiger partial charge in [-0.25, -0.2) is 9.78 Å². The van der Waals surface area contributed by atoms with Crippen molar-refractivity contribution in [2.45, 2.75) is 20.8 Å². The molecule has 0 spiro atoms. The number of allylic oxidation sites excluding steroid dienone is 1. The highest BCUT2D eigenvalue weighted by atomic mass is 79.9. The van der Waals surface area contributed by atoms with E-state index >= 15 is 0 Å². The summed E-state index contributed by atoms with van der Waals surface area (Å²) in [5.41, 5.74) is 4.97. The van der Waals surface area contributed by atoms with Gasteiger partial charge in [0.05, 0.1) is 23.2 Å². The lowest BCUT2D eigenvalue weighted by molar-refractivity contribution is -0.145. The number of halogens is 1. The van der Waals surface area contributed by atoms with Gasteiger partial charge in [-0.1, -0.05) is 15.9 Å². The molecule has 3 rings (SSSR count). The molecule has 0 aliphatic rings. The van der Waals surface area contributed by atoms with Gasteiger partial charge in [0.2, 0.25) is 0 Å². The normalized spacial score (nSPS) is 11.3. The van der Waals surface area contributed by atoms with E-state index in [1.54, 1.807) is 25.1 Å². The fourth-order valence-corrected chi connectivity index (χ4v) is 3.19. The number of aromatic amines is 1. The number of imidazole rings is 1. The average molecular weight is 454 g/mol. The molecule has 0 atom stereocenters. The largest absolute Gasteiger partial charge is 0.481 e. The van der Waals surface area contributed by atoms with Gasteiger partial charge >= 0.3 is 5.97 Å². The van der Waals surface area contributed by atoms with Crippen LogP contribution in [0.3, 0.4) is 0 Å². The number of nitrogens with zero attached hydrogens (tertiary/aromatic N) is 2. The highest BCUT2D eigenvalue weighted by Gasteiger charge is 2.12. The van der Waals surface area contributed by atoms with Gasteiger partial charge in [0, 0.05) is 10.0 Å². The van der Waals surface area contributed by atoms with Crippen LogP contribution in [0.4, 0.5) is 0 Å². The van der Waals surface area contributed by atoms with E-state index in [-0.39, 0.29) is 6.61 Å². The van der Waals surface area contributed by atoms with E-state index in [4.69, 9.17) is 9.47 Å². The van der Waals surface area contributed by atoms with Crippen LogP contribution in [0.15, 0.2) is 34.8 Å². The zero-order valence-corrected chi connectivity index (χ0v) is 18.0. The lowest BCUT2D eigenvalue weighted by atomic mass is 10.1. The highest BCUT2D eigenvalue weighted by molar-refractivity contribution is 9.10. The Labute approximate surface area is 177 Å². The standard InChI is InChI=1S/C22H20BrN3O3/c1-4-28-21(27)12-29-20-6-5-17(23)10-15(20)9-16(11-24)22-25-18-7-13(2)14(3)8-19(18)26-22/h5-10H,4,12H2,1-3H3,(H,25,26). The minimum absolute atomic E-state index is 0.207. The maximum absolute atomic E-state index is 11.6. The lowest BCUT2D eigenvalue weighted by Gasteiger charge is -2.09. The molecule has 1 heterocycles. The van der Waals surface area contributed by atoms with Crippen LogP contribution in [0.5, 0.6) is 5.75 Å². The molecule has 3 aromatic rings. The maximum Gasteiger partial charge on any atom is 0.344 e. The molecule has 0 aliphatic heterocycles. The van der Waals surface area contributed by atoms with Crippen LogP contribution in [0.2, 0.25) is 0 Å². The Morgan fingerprint density at radius 2 is 2.03 bits per heavy atom. The second-order valence-electron chi connectivity index (χ2n) is 6.48. The van der Waals surface area contributed by atoms with Gasteiger partial charge in [0.15, 0.2) is 6.61 Å². The Morgan fingerprint density at radius 3 is 2.76 bits per heavy atom. The third-order valence-corrected chi connectivity index (χ3v) is 4.89. The number of ether oxygens (including phenoxy) is 2. The quantitative estimate of drug-likeness (QED) is 0.421. The first-order valence-corrected chi connectivity index (χ1v) is 9.87. The Hall–Kier alpha value is -3.11. The summed E-state index contributed by atoms with van der Waals surface area (Å²) < 4.78 is 11.3. The summed E-state index contributed by atoms with van der Waals surface area (Å²) in [5.74, 6) is 0.495. The number of aryl methyl sites for hydroxylation is 2. The molecule has 0 saturated heterocycles. The molecule has 2 aromatic carbocycles. The zero-order chi connectivity index (χ0) is 21.0. The van der Waals surface area contributed by atoms with Crippen molar-refractivity contribution < 1.29 is 14.3 Å². The van der Waals surface area contributed by atoms with Crippen LogP contribution < -0.4 is 4.74 Å². The van der Waals surface area contributed by atoms with Crippen molar-refractivity contribution in [2.24, 2.45) is 0 Å². The van der Waals surface area contributed by atoms with Crippen LogP contribution in [0.1, 0.15) is 29.4 Å². The van der Waals surface area contributed by atoms with Crippen molar-refractivity contribution in [1.29, 1.82) is 5.26 Å². The van der Waals surface area contributed by atoms with Crippen LogP contribution in [0, 0.1) is 25.2 Å². The van der Waals surface area contributed by atoms with Crippen molar-refractivity contribution in [3.05, 3.63) is 57.3 Å². The number of aromatic nitrogens is 2. The summed E-state index contributed by atoms with van der Waals surface area (Å²) >= 11 is 3.43. The molecular weight excluding hydrogens is 434 g/mol. The fourth-order valence-electron chi connectivity index (χ4n) is 2.81. The molecule has 0 saturated carbocycles. The number of nitrogens with one attached hydrogen (secondary N) is 1. The Balaban J connectivity index is 1.97. The molecule has 0 radical (unpaired) electrons. The van der Waals surface area contributed by atoms with Crippen molar-refractivity contribution in [3.63, 3.8) is 0 Å². The summed E-state index contributed by atoms with van der Waals surface area (Å²) in [6.45, 7) is 5.88. The predicted octanol–water partition coefficient (Wildman–Crippen LogP) is 4.95. The molecular formula is C22H20BrN3O3. The Morgan fingerprint density at radius 1 is 1.28 bits per heavy atom. The molecule has 148 valence electrons. The van der Waals surface area contributed by atoms with Gasteiger partial charge in [-0.3, -0.25) is 0 Å². The van der Waals surface area contributed by atoms with E-state index in [9.17, 15) is 10.1 Å². The van der Waals surface area contributed by atoms with Gasteiger partial charge in [-0.05, 0) is 68.3 Å². The highest BCUT2D eigenvalue weighted by Crippen LogP contribution is 2.28. The molecule has 0 bridgehead atoms. The first kappa shape index (κ1) is 20.6. The number of H-pyrrole nitrogens is 1. The summed E-state index contributed by atoms with van der Waals surface area (Å²) in [5, 5.41) is 9.72. The van der Waals surface area contributed by atoms with Crippen molar-refractivity contribution in [2.75, 3.05) is 13.2 Å². The third-order valence-electron chi connectivity index (χ3n) is 4.40. The number of hydrogen-bond donors (Lipinski definition) is 1. The van der Waals surface area contributed by atoms with Gasteiger partial charge < -0.3 is 14.5 Å². The summed E-state index contributed by atoms with van der Waals surface area (Å²) in [7, 11) is 0. The second kappa shape index (κ2) is 8.93. The SMILES string of the molecule is CCOC(=O)COc1ccc(Br)cc1C=C(C#N)c1nc2cc(C)c(C)cc2[nH]1. The number of fused-ring (bicyclic) bond motifs is 1. The second-order valence-corrected chi connectivity index (χ2v) is 7.40. The number of benzene rings is 2. The first-order chi connectivity index (χ1) is 13.9. The van der Waals surface area contributed by atoms with E-state index in [1.165, 1.54) is 0 Å². The van der Waals surface area contributed by atoms with E-state index in [0.717, 1.165) is 26.6 Å². The number of carbonyl (C=O) groups is 1. The fraction of sp³-hybridized carbons (Fsp3) is 0.227. The third kappa shape index (κ3) is 4.84. The number of carbonyl (C=O) groups excluding carboxylic acids is 1. The molecule has 1 aromatic heterocycles. The summed E-state index contributed by atoms with van der Waals surface area (Å²) in [4.78, 5) is 19.4. The Kier molecular flexibility index (Phi) is 6.35.